The summed E-state index contributed by atoms with van der Waals surface area (Å²) in [5.74, 6) is 0. The molecule has 0 spiro atoms. The van der Waals surface area contributed by atoms with Crippen LogP contribution in [0.15, 0.2) is 0 Å². The molecule has 0 heterocycles. The summed E-state index contributed by atoms with van der Waals surface area (Å²) in [7, 11) is 0. The van der Waals surface area contributed by atoms with Crippen LogP contribution in [0.1, 0.15) is 71.1 Å². The number of hydrogen-bond donors (Lipinski definition) is 1. The second-order valence-corrected chi connectivity index (χ2v) is 8.11. The Morgan fingerprint density at radius 2 is 1.29 bits per heavy atom. The van der Waals surface area contributed by atoms with E-state index < -0.39 is 0 Å². The van der Waals surface area contributed by atoms with Crippen molar-refractivity contribution in [1.29, 1.82) is 0 Å². The van der Waals surface area contributed by atoms with Gasteiger partial charge in [0.15, 0.2) is 0 Å². The standard InChI is InChI=1S/C14H27NS2/c1-12(16)17-15(13-8-4-2-5-9-13)14-10-6-3-7-11-14/h12-14,16H,2-11H2,1H3. The van der Waals surface area contributed by atoms with Crippen LogP contribution in [0, 0.1) is 0 Å². The molecule has 2 aliphatic rings. The Balaban J connectivity index is 1.95. The SMILES string of the molecule is CC(S)SN(C1CCCCC1)C1CCCCC1. The van der Waals surface area contributed by atoms with E-state index in [1.54, 1.807) is 0 Å². The van der Waals surface area contributed by atoms with E-state index in [0.717, 1.165) is 12.1 Å². The van der Waals surface area contributed by atoms with Crippen molar-refractivity contribution in [2.75, 3.05) is 0 Å². The molecule has 0 amide bonds. The monoisotopic (exact) mass is 273 g/mol. The minimum atomic E-state index is 0.443. The highest BCUT2D eigenvalue weighted by molar-refractivity contribution is 8.08. The van der Waals surface area contributed by atoms with E-state index in [9.17, 15) is 0 Å². The molecule has 0 radical (unpaired) electrons. The molecule has 2 rings (SSSR count). The second kappa shape index (κ2) is 7.30. The molecule has 0 N–H and O–H groups in total. The Bertz CT molecular complexity index is 190. The summed E-state index contributed by atoms with van der Waals surface area (Å²) in [6.07, 6.45) is 14.4. The van der Waals surface area contributed by atoms with Gasteiger partial charge >= 0.3 is 0 Å². The van der Waals surface area contributed by atoms with Gasteiger partial charge in [0, 0.05) is 12.1 Å². The third kappa shape index (κ3) is 4.36. The average Bonchev–Trinajstić information content (AvgIpc) is 2.38. The van der Waals surface area contributed by atoms with Crippen LogP contribution in [0.4, 0.5) is 0 Å². The lowest BCUT2D eigenvalue weighted by Gasteiger charge is -2.41. The first-order valence-corrected chi connectivity index (χ1v) is 8.76. The maximum atomic E-state index is 4.60. The van der Waals surface area contributed by atoms with Crippen LogP contribution in [0.5, 0.6) is 0 Å². The van der Waals surface area contributed by atoms with Crippen molar-refractivity contribution >= 4 is 24.6 Å². The zero-order valence-electron chi connectivity index (χ0n) is 11.1. The lowest BCUT2D eigenvalue weighted by atomic mass is 9.91. The van der Waals surface area contributed by atoms with Crippen LogP contribution in [0.25, 0.3) is 0 Å². The molecule has 0 saturated heterocycles. The first kappa shape index (κ1) is 14.1. The number of hydrogen-bond acceptors (Lipinski definition) is 3. The number of rotatable bonds is 4. The quantitative estimate of drug-likeness (QED) is 0.442. The predicted octanol–water partition coefficient (Wildman–Crippen LogP) is 4.88. The summed E-state index contributed by atoms with van der Waals surface area (Å²) >= 11 is 6.61. The molecule has 1 atom stereocenters. The molecule has 2 saturated carbocycles. The lowest BCUT2D eigenvalue weighted by molar-refractivity contribution is 0.184. The Kier molecular flexibility index (Phi) is 6.04. The van der Waals surface area contributed by atoms with Crippen LogP contribution in [0.2, 0.25) is 0 Å². The van der Waals surface area contributed by atoms with Crippen molar-refractivity contribution in [3.05, 3.63) is 0 Å². The van der Waals surface area contributed by atoms with Gasteiger partial charge < -0.3 is 0 Å². The van der Waals surface area contributed by atoms with Crippen LogP contribution >= 0.6 is 24.6 Å². The maximum absolute atomic E-state index is 4.60. The van der Waals surface area contributed by atoms with E-state index in [0.29, 0.717) is 4.58 Å². The van der Waals surface area contributed by atoms with Gasteiger partial charge in [-0.3, -0.25) is 0 Å². The van der Waals surface area contributed by atoms with Crippen molar-refractivity contribution < 1.29 is 0 Å². The van der Waals surface area contributed by atoms with E-state index in [1.807, 2.05) is 11.9 Å². The summed E-state index contributed by atoms with van der Waals surface area (Å²) in [6, 6.07) is 1.68. The molecule has 17 heavy (non-hydrogen) atoms. The fraction of sp³-hybridized carbons (Fsp3) is 1.00. The van der Waals surface area contributed by atoms with Gasteiger partial charge in [0.2, 0.25) is 0 Å². The van der Waals surface area contributed by atoms with Gasteiger partial charge in [-0.05, 0) is 32.6 Å². The summed E-state index contributed by atoms with van der Waals surface area (Å²) in [5, 5.41) is 0. The highest BCUT2D eigenvalue weighted by Crippen LogP contribution is 2.36. The molecule has 0 aliphatic heterocycles. The molecular weight excluding hydrogens is 246 g/mol. The Morgan fingerprint density at radius 1 is 0.882 bits per heavy atom. The van der Waals surface area contributed by atoms with Gasteiger partial charge in [-0.25, -0.2) is 4.31 Å². The van der Waals surface area contributed by atoms with Crippen molar-refractivity contribution in [2.45, 2.75) is 87.8 Å². The van der Waals surface area contributed by atoms with E-state index in [-0.39, 0.29) is 0 Å². The first-order chi connectivity index (χ1) is 8.27. The zero-order valence-corrected chi connectivity index (χ0v) is 12.8. The molecule has 0 bridgehead atoms. The zero-order chi connectivity index (χ0) is 12.1. The van der Waals surface area contributed by atoms with Crippen molar-refractivity contribution in [3.63, 3.8) is 0 Å². The fourth-order valence-electron chi connectivity index (χ4n) is 3.32. The smallest absolute Gasteiger partial charge is 0.0591 e. The van der Waals surface area contributed by atoms with E-state index in [2.05, 4.69) is 23.9 Å². The first-order valence-electron chi connectivity index (χ1n) is 7.40. The van der Waals surface area contributed by atoms with E-state index in [4.69, 9.17) is 0 Å². The van der Waals surface area contributed by atoms with Gasteiger partial charge in [0.1, 0.15) is 0 Å². The third-order valence-corrected chi connectivity index (χ3v) is 5.57. The van der Waals surface area contributed by atoms with E-state index >= 15 is 0 Å². The van der Waals surface area contributed by atoms with Gasteiger partial charge in [0.25, 0.3) is 0 Å². The Hall–Kier alpha value is 0.660. The van der Waals surface area contributed by atoms with Gasteiger partial charge in [-0.15, -0.1) is 0 Å². The second-order valence-electron chi connectivity index (χ2n) is 5.65. The lowest BCUT2D eigenvalue weighted by Crippen LogP contribution is -2.41. The van der Waals surface area contributed by atoms with Crippen LogP contribution in [-0.2, 0) is 0 Å². The largest absolute Gasteiger partial charge is 0.244 e. The molecule has 2 aliphatic carbocycles. The molecule has 1 unspecified atom stereocenters. The fourth-order valence-corrected chi connectivity index (χ4v) is 4.76. The van der Waals surface area contributed by atoms with Crippen molar-refractivity contribution in [3.8, 4) is 0 Å². The summed E-state index contributed by atoms with van der Waals surface area (Å²) < 4.78 is 3.20. The molecule has 0 aromatic rings. The van der Waals surface area contributed by atoms with Crippen molar-refractivity contribution in [2.24, 2.45) is 0 Å². The highest BCUT2D eigenvalue weighted by Gasteiger charge is 2.29. The third-order valence-electron chi connectivity index (χ3n) is 4.14. The maximum Gasteiger partial charge on any atom is 0.0591 e. The molecule has 1 nitrogen and oxygen atoms in total. The number of thiol groups is 1. The van der Waals surface area contributed by atoms with Gasteiger partial charge in [-0.1, -0.05) is 50.5 Å². The summed E-state index contributed by atoms with van der Waals surface area (Å²) in [6.45, 7) is 2.21. The average molecular weight is 274 g/mol. The number of nitrogens with zero attached hydrogens (tertiary/aromatic N) is 1. The molecular formula is C14H27NS2. The topological polar surface area (TPSA) is 3.24 Å². The molecule has 2 fully saturated rings. The van der Waals surface area contributed by atoms with Crippen molar-refractivity contribution in [1.82, 2.24) is 4.31 Å². The normalized spacial score (nSPS) is 26.3. The van der Waals surface area contributed by atoms with Gasteiger partial charge in [-0.2, -0.15) is 12.6 Å². The molecule has 100 valence electrons. The predicted molar refractivity (Wildman–Crippen MR) is 81.6 cm³/mol. The van der Waals surface area contributed by atoms with Crippen LogP contribution in [0.3, 0.4) is 0 Å². The Morgan fingerprint density at radius 3 is 1.65 bits per heavy atom. The van der Waals surface area contributed by atoms with Gasteiger partial charge in [0.05, 0.1) is 4.58 Å². The Labute approximate surface area is 117 Å². The summed E-state index contributed by atoms with van der Waals surface area (Å²) in [4.78, 5) is 0. The summed E-state index contributed by atoms with van der Waals surface area (Å²) in [5.41, 5.74) is 0. The van der Waals surface area contributed by atoms with E-state index in [1.165, 1.54) is 64.2 Å². The minimum absolute atomic E-state index is 0.443. The van der Waals surface area contributed by atoms with Crippen LogP contribution in [-0.4, -0.2) is 21.0 Å². The highest BCUT2D eigenvalue weighted by atomic mass is 32.2. The van der Waals surface area contributed by atoms with Crippen LogP contribution < -0.4 is 0 Å². The molecule has 0 aromatic carbocycles. The molecule has 3 heteroatoms. The molecule has 0 aromatic heterocycles. The minimum Gasteiger partial charge on any atom is -0.244 e.